The number of benzene rings is 1. The molecule has 1 fully saturated rings. The molecule has 2 rings (SSSR count). The summed E-state index contributed by atoms with van der Waals surface area (Å²) in [6.07, 6.45) is -4.51. The van der Waals surface area contributed by atoms with Crippen LogP contribution in [0.15, 0.2) is 18.2 Å². The molecule has 0 bridgehead atoms. The number of thioether (sulfide) groups is 1. The van der Waals surface area contributed by atoms with Crippen molar-refractivity contribution in [2.75, 3.05) is 5.75 Å². The van der Waals surface area contributed by atoms with Gasteiger partial charge in [0.05, 0.1) is 10.9 Å². The average molecular weight is 265 g/mol. The van der Waals surface area contributed by atoms with Crippen molar-refractivity contribution in [1.29, 1.82) is 0 Å². The van der Waals surface area contributed by atoms with Gasteiger partial charge in [-0.3, -0.25) is 5.32 Å². The van der Waals surface area contributed by atoms with Gasteiger partial charge in [-0.25, -0.2) is 4.39 Å². The van der Waals surface area contributed by atoms with Crippen LogP contribution in [0.1, 0.15) is 23.4 Å². The SMILES string of the molecule is CC1CSC(c2cc(F)cc(C(F)(F)F)c2)N1. The summed E-state index contributed by atoms with van der Waals surface area (Å²) in [5.41, 5.74) is -0.596. The zero-order valence-electron chi connectivity index (χ0n) is 9.01. The zero-order valence-corrected chi connectivity index (χ0v) is 9.83. The minimum atomic E-state index is -4.51. The third kappa shape index (κ3) is 2.93. The van der Waals surface area contributed by atoms with Gasteiger partial charge >= 0.3 is 6.18 Å². The van der Waals surface area contributed by atoms with E-state index in [2.05, 4.69) is 5.32 Å². The smallest absolute Gasteiger partial charge is 0.298 e. The van der Waals surface area contributed by atoms with E-state index >= 15 is 0 Å². The highest BCUT2D eigenvalue weighted by molar-refractivity contribution is 7.99. The van der Waals surface area contributed by atoms with Crippen LogP contribution in [-0.2, 0) is 6.18 Å². The summed E-state index contributed by atoms with van der Waals surface area (Å²) in [4.78, 5) is 0. The summed E-state index contributed by atoms with van der Waals surface area (Å²) < 4.78 is 50.7. The number of hydrogen-bond acceptors (Lipinski definition) is 2. The molecular weight excluding hydrogens is 254 g/mol. The van der Waals surface area contributed by atoms with Gasteiger partial charge in [0.2, 0.25) is 0 Å². The number of halogens is 4. The van der Waals surface area contributed by atoms with Crippen LogP contribution in [0.25, 0.3) is 0 Å². The molecular formula is C11H11F4NS. The van der Waals surface area contributed by atoms with E-state index in [-0.39, 0.29) is 11.4 Å². The van der Waals surface area contributed by atoms with Crippen molar-refractivity contribution in [3.8, 4) is 0 Å². The number of alkyl halides is 3. The normalized spacial score (nSPS) is 25.2. The number of rotatable bonds is 1. The molecule has 1 saturated heterocycles. The van der Waals surface area contributed by atoms with Crippen LogP contribution in [0, 0.1) is 5.82 Å². The third-order valence-corrected chi connectivity index (χ3v) is 3.93. The molecule has 17 heavy (non-hydrogen) atoms. The fourth-order valence-corrected chi connectivity index (χ4v) is 2.95. The molecule has 1 nitrogen and oxygen atoms in total. The second-order valence-electron chi connectivity index (χ2n) is 4.05. The van der Waals surface area contributed by atoms with Crippen molar-refractivity contribution in [2.45, 2.75) is 24.5 Å². The Labute approximate surface area is 101 Å². The van der Waals surface area contributed by atoms with E-state index in [1.807, 2.05) is 6.92 Å². The lowest BCUT2D eigenvalue weighted by Gasteiger charge is -2.14. The first-order chi connectivity index (χ1) is 7.86. The van der Waals surface area contributed by atoms with E-state index < -0.39 is 17.6 Å². The molecule has 1 aromatic carbocycles. The molecule has 0 aromatic heterocycles. The van der Waals surface area contributed by atoms with E-state index in [4.69, 9.17) is 0 Å². The summed E-state index contributed by atoms with van der Waals surface area (Å²) in [5, 5.41) is 2.84. The Kier molecular flexibility index (Phi) is 3.36. The van der Waals surface area contributed by atoms with E-state index in [0.717, 1.165) is 17.9 Å². The predicted octanol–water partition coefficient (Wildman–Crippen LogP) is 3.57. The molecule has 0 aliphatic carbocycles. The van der Waals surface area contributed by atoms with Gasteiger partial charge in [0, 0.05) is 11.8 Å². The highest BCUT2D eigenvalue weighted by Gasteiger charge is 2.33. The molecule has 6 heteroatoms. The Morgan fingerprint density at radius 1 is 1.29 bits per heavy atom. The van der Waals surface area contributed by atoms with Crippen molar-refractivity contribution in [3.63, 3.8) is 0 Å². The highest BCUT2D eigenvalue weighted by atomic mass is 32.2. The molecule has 0 spiro atoms. The fraction of sp³-hybridized carbons (Fsp3) is 0.455. The molecule has 0 saturated carbocycles. The Bertz CT molecular complexity index is 418. The van der Waals surface area contributed by atoms with Gasteiger partial charge < -0.3 is 0 Å². The van der Waals surface area contributed by atoms with Crippen LogP contribution in [0.4, 0.5) is 17.6 Å². The number of hydrogen-bond donors (Lipinski definition) is 1. The Balaban J connectivity index is 2.32. The average Bonchev–Trinajstić information content (AvgIpc) is 2.62. The monoisotopic (exact) mass is 265 g/mol. The van der Waals surface area contributed by atoms with Crippen LogP contribution >= 0.6 is 11.8 Å². The van der Waals surface area contributed by atoms with E-state index in [9.17, 15) is 17.6 Å². The third-order valence-electron chi connectivity index (χ3n) is 2.50. The van der Waals surface area contributed by atoms with Crippen LogP contribution in [-0.4, -0.2) is 11.8 Å². The van der Waals surface area contributed by atoms with Gasteiger partial charge in [0.1, 0.15) is 5.82 Å². The molecule has 1 aromatic rings. The molecule has 1 aliphatic rings. The maximum Gasteiger partial charge on any atom is 0.416 e. The van der Waals surface area contributed by atoms with Crippen molar-refractivity contribution in [3.05, 3.63) is 35.1 Å². The topological polar surface area (TPSA) is 12.0 Å². The fourth-order valence-electron chi connectivity index (χ4n) is 1.72. The summed E-state index contributed by atoms with van der Waals surface area (Å²) in [6, 6.07) is 2.90. The van der Waals surface area contributed by atoms with Gasteiger partial charge in [-0.1, -0.05) is 0 Å². The van der Waals surface area contributed by atoms with Crippen LogP contribution in [0.3, 0.4) is 0 Å². The van der Waals surface area contributed by atoms with E-state index in [1.165, 1.54) is 11.8 Å². The van der Waals surface area contributed by atoms with Crippen molar-refractivity contribution in [2.24, 2.45) is 0 Å². The molecule has 1 aliphatic heterocycles. The van der Waals surface area contributed by atoms with Crippen molar-refractivity contribution < 1.29 is 17.6 Å². The second-order valence-corrected chi connectivity index (χ2v) is 5.19. The Morgan fingerprint density at radius 2 is 2.00 bits per heavy atom. The molecule has 0 amide bonds. The lowest BCUT2D eigenvalue weighted by Crippen LogP contribution is -2.22. The maximum atomic E-state index is 13.2. The molecule has 2 atom stereocenters. The van der Waals surface area contributed by atoms with Crippen LogP contribution in [0.2, 0.25) is 0 Å². The van der Waals surface area contributed by atoms with Gasteiger partial charge in [-0.15, -0.1) is 11.8 Å². The standard InChI is InChI=1S/C11H11F4NS/c1-6-5-17-10(16-6)7-2-8(11(13,14)15)4-9(12)3-7/h2-4,6,10,16H,5H2,1H3. The zero-order chi connectivity index (χ0) is 12.6. The minimum absolute atomic E-state index is 0.225. The minimum Gasteiger partial charge on any atom is -0.298 e. The summed E-state index contributed by atoms with van der Waals surface area (Å²) in [5.74, 6) is -0.0421. The molecule has 94 valence electrons. The first-order valence-corrected chi connectivity index (χ1v) is 6.16. The largest absolute Gasteiger partial charge is 0.416 e. The second kappa shape index (κ2) is 4.49. The van der Waals surface area contributed by atoms with Crippen molar-refractivity contribution >= 4 is 11.8 Å². The molecule has 0 radical (unpaired) electrons. The lowest BCUT2D eigenvalue weighted by atomic mass is 10.1. The molecule has 1 heterocycles. The molecule has 1 N–H and O–H groups in total. The highest BCUT2D eigenvalue weighted by Crippen LogP contribution is 2.36. The van der Waals surface area contributed by atoms with Gasteiger partial charge in [-0.05, 0) is 30.7 Å². The Hall–Kier alpha value is -0.750. The molecule has 2 unspecified atom stereocenters. The first kappa shape index (κ1) is 12.7. The van der Waals surface area contributed by atoms with E-state index in [1.54, 1.807) is 0 Å². The van der Waals surface area contributed by atoms with Crippen LogP contribution in [0.5, 0.6) is 0 Å². The summed E-state index contributed by atoms with van der Waals surface area (Å²) in [6.45, 7) is 1.94. The lowest BCUT2D eigenvalue weighted by molar-refractivity contribution is -0.137. The van der Waals surface area contributed by atoms with Gasteiger partial charge in [0.15, 0.2) is 0 Å². The first-order valence-electron chi connectivity index (χ1n) is 5.11. The van der Waals surface area contributed by atoms with Gasteiger partial charge in [0.25, 0.3) is 0 Å². The van der Waals surface area contributed by atoms with Crippen LogP contribution < -0.4 is 5.32 Å². The Morgan fingerprint density at radius 3 is 2.53 bits per heavy atom. The van der Waals surface area contributed by atoms with Crippen molar-refractivity contribution in [1.82, 2.24) is 5.32 Å². The maximum absolute atomic E-state index is 13.2. The summed E-state index contributed by atoms with van der Waals surface area (Å²) in [7, 11) is 0. The summed E-state index contributed by atoms with van der Waals surface area (Å²) >= 11 is 1.49. The predicted molar refractivity (Wildman–Crippen MR) is 59.2 cm³/mol. The van der Waals surface area contributed by atoms with E-state index in [0.29, 0.717) is 11.6 Å². The van der Waals surface area contributed by atoms with Gasteiger partial charge in [-0.2, -0.15) is 13.2 Å². The number of nitrogens with one attached hydrogen (secondary N) is 1. The quantitative estimate of drug-likeness (QED) is 0.779.